The largest absolute Gasteiger partial charge is 0.311 e. The quantitative estimate of drug-likeness (QED) is 0.865. The fraction of sp³-hybridized carbons (Fsp3) is 0.706. The molecule has 20 heavy (non-hydrogen) atoms. The van der Waals surface area contributed by atoms with E-state index in [-0.39, 0.29) is 0 Å². The van der Waals surface area contributed by atoms with Crippen molar-refractivity contribution in [3.8, 4) is 0 Å². The van der Waals surface area contributed by atoms with E-state index in [2.05, 4.69) is 48.1 Å². The first kappa shape index (κ1) is 15.5. The van der Waals surface area contributed by atoms with Gasteiger partial charge in [-0.3, -0.25) is 9.88 Å². The number of hydrogen-bond acceptors (Lipinski definition) is 3. The predicted octanol–water partition coefficient (Wildman–Crippen LogP) is 3.07. The molecule has 3 unspecified atom stereocenters. The lowest BCUT2D eigenvalue weighted by Gasteiger charge is -2.43. The smallest absolute Gasteiger partial charge is 0.0544 e. The number of nitrogens with one attached hydrogen (secondary N) is 1. The molecule has 3 atom stereocenters. The fourth-order valence-corrected chi connectivity index (χ4v) is 3.16. The van der Waals surface area contributed by atoms with Crippen LogP contribution in [0.3, 0.4) is 0 Å². The SMILES string of the molecule is CCCC1CN(Cc2ccccn2)C(C(C)CC)CN1. The molecule has 1 aromatic rings. The Hall–Kier alpha value is -0.930. The predicted molar refractivity (Wildman–Crippen MR) is 84.6 cm³/mol. The zero-order valence-electron chi connectivity index (χ0n) is 13.2. The van der Waals surface area contributed by atoms with Crippen molar-refractivity contribution in [3.63, 3.8) is 0 Å². The summed E-state index contributed by atoms with van der Waals surface area (Å²) >= 11 is 0. The van der Waals surface area contributed by atoms with Crippen LogP contribution in [-0.2, 0) is 6.54 Å². The molecule has 3 heteroatoms. The van der Waals surface area contributed by atoms with Gasteiger partial charge in [-0.2, -0.15) is 0 Å². The van der Waals surface area contributed by atoms with E-state index in [9.17, 15) is 0 Å². The van der Waals surface area contributed by atoms with E-state index < -0.39 is 0 Å². The molecule has 1 aliphatic heterocycles. The summed E-state index contributed by atoms with van der Waals surface area (Å²) in [7, 11) is 0. The van der Waals surface area contributed by atoms with Gasteiger partial charge in [0, 0.05) is 37.9 Å². The van der Waals surface area contributed by atoms with E-state index in [1.54, 1.807) is 0 Å². The second kappa shape index (κ2) is 7.75. The van der Waals surface area contributed by atoms with Gasteiger partial charge in [-0.05, 0) is 24.5 Å². The van der Waals surface area contributed by atoms with Crippen molar-refractivity contribution >= 4 is 0 Å². The maximum Gasteiger partial charge on any atom is 0.0544 e. The van der Waals surface area contributed by atoms with Gasteiger partial charge >= 0.3 is 0 Å². The Balaban J connectivity index is 2.05. The summed E-state index contributed by atoms with van der Waals surface area (Å²) in [6.07, 6.45) is 5.66. The van der Waals surface area contributed by atoms with Gasteiger partial charge in [-0.15, -0.1) is 0 Å². The van der Waals surface area contributed by atoms with Crippen LogP contribution in [0.4, 0.5) is 0 Å². The highest BCUT2D eigenvalue weighted by Crippen LogP contribution is 2.21. The number of pyridine rings is 1. The van der Waals surface area contributed by atoms with Crippen molar-refractivity contribution < 1.29 is 0 Å². The molecule has 1 saturated heterocycles. The molecule has 0 aliphatic carbocycles. The zero-order chi connectivity index (χ0) is 14.4. The Morgan fingerprint density at radius 2 is 2.25 bits per heavy atom. The van der Waals surface area contributed by atoms with E-state index >= 15 is 0 Å². The van der Waals surface area contributed by atoms with Crippen molar-refractivity contribution in [2.75, 3.05) is 13.1 Å². The lowest BCUT2D eigenvalue weighted by Crippen LogP contribution is -2.58. The van der Waals surface area contributed by atoms with Gasteiger partial charge in [0.2, 0.25) is 0 Å². The molecule has 2 heterocycles. The molecule has 0 radical (unpaired) electrons. The Kier molecular flexibility index (Phi) is 5.99. The lowest BCUT2D eigenvalue weighted by atomic mass is 9.93. The standard InChI is InChI=1S/C17H29N3/c1-4-8-15-12-20(13-16-9-6-7-10-18-16)17(11-19-15)14(3)5-2/h6-7,9-10,14-15,17,19H,4-5,8,11-13H2,1-3H3. The third-order valence-corrected chi connectivity index (χ3v) is 4.57. The minimum Gasteiger partial charge on any atom is -0.311 e. The van der Waals surface area contributed by atoms with E-state index in [0.717, 1.165) is 25.6 Å². The van der Waals surface area contributed by atoms with Crippen LogP contribution in [0.1, 0.15) is 45.7 Å². The minimum atomic E-state index is 0.634. The van der Waals surface area contributed by atoms with Crippen molar-refractivity contribution in [1.29, 1.82) is 0 Å². The molecule has 0 saturated carbocycles. The molecule has 3 nitrogen and oxygen atoms in total. The van der Waals surface area contributed by atoms with E-state index in [1.807, 2.05) is 12.3 Å². The van der Waals surface area contributed by atoms with Crippen LogP contribution in [0, 0.1) is 5.92 Å². The van der Waals surface area contributed by atoms with Crippen molar-refractivity contribution in [2.45, 2.75) is 58.7 Å². The number of rotatable bonds is 6. The van der Waals surface area contributed by atoms with E-state index in [0.29, 0.717) is 12.1 Å². The van der Waals surface area contributed by atoms with Gasteiger partial charge in [0.1, 0.15) is 0 Å². The Morgan fingerprint density at radius 3 is 2.90 bits per heavy atom. The van der Waals surface area contributed by atoms with Crippen molar-refractivity contribution in [3.05, 3.63) is 30.1 Å². The maximum atomic E-state index is 4.50. The first-order valence-electron chi connectivity index (χ1n) is 8.11. The Morgan fingerprint density at radius 1 is 1.40 bits per heavy atom. The summed E-state index contributed by atoms with van der Waals surface area (Å²) in [4.78, 5) is 7.15. The van der Waals surface area contributed by atoms with Gasteiger partial charge in [0.05, 0.1) is 5.69 Å². The van der Waals surface area contributed by atoms with Crippen LogP contribution >= 0.6 is 0 Å². The number of piperazine rings is 1. The van der Waals surface area contributed by atoms with E-state index in [1.165, 1.54) is 25.0 Å². The summed E-state index contributed by atoms with van der Waals surface area (Å²) in [6, 6.07) is 7.50. The second-order valence-electron chi connectivity index (χ2n) is 6.10. The highest BCUT2D eigenvalue weighted by molar-refractivity contribution is 5.04. The molecule has 0 spiro atoms. The second-order valence-corrected chi connectivity index (χ2v) is 6.10. The molecule has 1 aromatic heterocycles. The molecule has 1 N–H and O–H groups in total. The fourth-order valence-electron chi connectivity index (χ4n) is 3.16. The van der Waals surface area contributed by atoms with E-state index in [4.69, 9.17) is 0 Å². The summed E-state index contributed by atoms with van der Waals surface area (Å²) in [5, 5.41) is 3.74. The number of nitrogens with zero attached hydrogens (tertiary/aromatic N) is 2. The monoisotopic (exact) mass is 275 g/mol. The summed E-state index contributed by atoms with van der Waals surface area (Å²) in [5.74, 6) is 0.730. The molecular formula is C17H29N3. The molecule has 0 aromatic carbocycles. The third-order valence-electron chi connectivity index (χ3n) is 4.57. The summed E-state index contributed by atoms with van der Waals surface area (Å²) < 4.78 is 0. The number of hydrogen-bond donors (Lipinski definition) is 1. The van der Waals surface area contributed by atoms with Crippen LogP contribution in [0.15, 0.2) is 24.4 Å². The summed E-state index contributed by atoms with van der Waals surface area (Å²) in [5.41, 5.74) is 1.19. The first-order valence-corrected chi connectivity index (χ1v) is 8.11. The molecule has 2 rings (SSSR count). The molecule has 112 valence electrons. The molecule has 1 fully saturated rings. The highest BCUT2D eigenvalue weighted by atomic mass is 15.2. The Labute approximate surface area is 123 Å². The van der Waals surface area contributed by atoms with Crippen LogP contribution in [0.25, 0.3) is 0 Å². The lowest BCUT2D eigenvalue weighted by molar-refractivity contribution is 0.0807. The van der Waals surface area contributed by atoms with Gasteiger partial charge in [-0.1, -0.05) is 39.7 Å². The molecule has 1 aliphatic rings. The van der Waals surface area contributed by atoms with Crippen LogP contribution in [-0.4, -0.2) is 35.1 Å². The van der Waals surface area contributed by atoms with Gasteiger partial charge in [0.25, 0.3) is 0 Å². The molecule has 0 bridgehead atoms. The van der Waals surface area contributed by atoms with Gasteiger partial charge < -0.3 is 5.32 Å². The highest BCUT2D eigenvalue weighted by Gasteiger charge is 2.30. The Bertz CT molecular complexity index is 379. The minimum absolute atomic E-state index is 0.634. The third kappa shape index (κ3) is 4.03. The van der Waals surface area contributed by atoms with Crippen LogP contribution in [0.5, 0.6) is 0 Å². The molecule has 0 amide bonds. The topological polar surface area (TPSA) is 28.2 Å². The van der Waals surface area contributed by atoms with Crippen LogP contribution in [0.2, 0.25) is 0 Å². The zero-order valence-corrected chi connectivity index (χ0v) is 13.2. The first-order chi connectivity index (χ1) is 9.74. The van der Waals surface area contributed by atoms with Crippen molar-refractivity contribution in [2.24, 2.45) is 5.92 Å². The average molecular weight is 275 g/mol. The van der Waals surface area contributed by atoms with Gasteiger partial charge in [0.15, 0.2) is 0 Å². The maximum absolute atomic E-state index is 4.50. The average Bonchev–Trinajstić information content (AvgIpc) is 2.48. The molecular weight excluding hydrogens is 246 g/mol. The number of aromatic nitrogens is 1. The van der Waals surface area contributed by atoms with Gasteiger partial charge in [-0.25, -0.2) is 0 Å². The van der Waals surface area contributed by atoms with Crippen LogP contribution < -0.4 is 5.32 Å². The van der Waals surface area contributed by atoms with Crippen molar-refractivity contribution in [1.82, 2.24) is 15.2 Å². The summed E-state index contributed by atoms with van der Waals surface area (Å²) in [6.45, 7) is 10.2. The normalized spacial score (nSPS) is 25.6.